The molecular formula is C36H21O3PS. The van der Waals surface area contributed by atoms with Crippen LogP contribution < -0.4 is 25.4 Å². The number of hydrogen-bond donors (Lipinski definition) is 0. The molecule has 6 aromatic carbocycles. The minimum absolute atomic E-state index is 0.591. The lowest BCUT2D eigenvalue weighted by Gasteiger charge is -2.35. The Kier molecular flexibility index (Phi) is 4.76. The molecule has 2 aliphatic heterocycles. The van der Waals surface area contributed by atoms with Gasteiger partial charge >= 0.3 is 0 Å². The standard InChI is InChI=1S/C36H21O3PS/c37-40-31-13-4-2-11-28(31)38-30-21-20-24(34(35(30)40)39-29-12-3-5-14-32(29)40)22-16-18-23(19-17-22)25-9-7-10-27-26-8-1-6-15-33(26)41-36(25)27/h1-21H. The van der Waals surface area contributed by atoms with Gasteiger partial charge in [0.1, 0.15) is 28.3 Å². The summed E-state index contributed by atoms with van der Waals surface area (Å²) in [6, 6.07) is 43.0. The van der Waals surface area contributed by atoms with Crippen LogP contribution in [0.25, 0.3) is 42.4 Å². The average molecular weight is 565 g/mol. The minimum Gasteiger partial charge on any atom is -0.456 e. The summed E-state index contributed by atoms with van der Waals surface area (Å²) in [7, 11) is -3.21. The van der Waals surface area contributed by atoms with Crippen molar-refractivity contribution in [2.45, 2.75) is 0 Å². The van der Waals surface area contributed by atoms with Crippen LogP contribution in [0.1, 0.15) is 0 Å². The van der Waals surface area contributed by atoms with Crippen molar-refractivity contribution in [3.63, 3.8) is 0 Å². The van der Waals surface area contributed by atoms with Crippen molar-refractivity contribution in [3.8, 4) is 45.3 Å². The largest absolute Gasteiger partial charge is 0.456 e. The first-order chi connectivity index (χ1) is 20.2. The van der Waals surface area contributed by atoms with E-state index >= 15 is 4.57 Å². The second kappa shape index (κ2) is 8.44. The van der Waals surface area contributed by atoms with E-state index < -0.39 is 7.14 Å². The van der Waals surface area contributed by atoms with Crippen molar-refractivity contribution in [2.24, 2.45) is 0 Å². The minimum atomic E-state index is -3.21. The van der Waals surface area contributed by atoms with Gasteiger partial charge in [0.15, 0.2) is 7.14 Å². The molecule has 0 aliphatic carbocycles. The summed E-state index contributed by atoms with van der Waals surface area (Å²) >= 11 is 1.84. The lowest BCUT2D eigenvalue weighted by atomic mass is 9.98. The van der Waals surface area contributed by atoms with E-state index in [-0.39, 0.29) is 0 Å². The molecule has 0 amide bonds. The van der Waals surface area contributed by atoms with Crippen LogP contribution in [0.15, 0.2) is 127 Å². The summed E-state index contributed by atoms with van der Waals surface area (Å²) in [5, 5.41) is 4.66. The van der Waals surface area contributed by atoms with Gasteiger partial charge < -0.3 is 14.0 Å². The molecule has 9 rings (SSSR count). The Morgan fingerprint density at radius 2 is 1.15 bits per heavy atom. The van der Waals surface area contributed by atoms with Gasteiger partial charge in [0.25, 0.3) is 0 Å². The summed E-state index contributed by atoms with van der Waals surface area (Å²) in [5.74, 6) is 2.47. The van der Waals surface area contributed by atoms with E-state index in [1.807, 2.05) is 72.0 Å². The monoisotopic (exact) mass is 564 g/mol. The highest BCUT2D eigenvalue weighted by Crippen LogP contribution is 2.59. The molecule has 7 aromatic rings. The quantitative estimate of drug-likeness (QED) is 0.196. The molecule has 0 saturated heterocycles. The highest BCUT2D eigenvalue weighted by atomic mass is 32.1. The zero-order valence-corrected chi connectivity index (χ0v) is 23.4. The smallest absolute Gasteiger partial charge is 0.185 e. The average Bonchev–Trinajstić information content (AvgIpc) is 3.41. The first kappa shape index (κ1) is 23.1. The molecule has 0 saturated carbocycles. The summed E-state index contributed by atoms with van der Waals surface area (Å²) in [4.78, 5) is 0. The molecular weight excluding hydrogens is 543 g/mol. The molecule has 2 aliphatic rings. The van der Waals surface area contributed by atoms with Crippen LogP contribution in [-0.4, -0.2) is 0 Å². The van der Waals surface area contributed by atoms with Crippen LogP contribution >= 0.6 is 18.5 Å². The second-order valence-electron chi connectivity index (χ2n) is 10.4. The topological polar surface area (TPSA) is 35.5 Å². The Hall–Kier alpha value is -4.63. The molecule has 5 heteroatoms. The SMILES string of the molecule is O=P12c3ccccc3Oc3ccc(-c4ccc(-c5cccc6c5sc5ccccc56)cc4)c(c31)Oc1ccccc12. The second-order valence-corrected chi connectivity index (χ2v) is 14.1. The third kappa shape index (κ3) is 3.18. The molecule has 41 heavy (non-hydrogen) atoms. The van der Waals surface area contributed by atoms with Gasteiger partial charge in [0.05, 0.1) is 10.6 Å². The van der Waals surface area contributed by atoms with Gasteiger partial charge in [-0.3, -0.25) is 0 Å². The van der Waals surface area contributed by atoms with Crippen molar-refractivity contribution in [1.82, 2.24) is 0 Å². The molecule has 3 heterocycles. The summed E-state index contributed by atoms with van der Waals surface area (Å²) < 4.78 is 30.6. The third-order valence-corrected chi connectivity index (χ3v) is 12.5. The zero-order chi connectivity index (χ0) is 27.1. The summed E-state index contributed by atoms with van der Waals surface area (Å²) in [6.07, 6.45) is 0. The Labute approximate surface area is 240 Å². The van der Waals surface area contributed by atoms with E-state index in [1.54, 1.807) is 0 Å². The predicted octanol–water partition coefficient (Wildman–Crippen LogP) is 9.24. The predicted molar refractivity (Wildman–Crippen MR) is 170 cm³/mol. The van der Waals surface area contributed by atoms with Gasteiger partial charge in [-0.25, -0.2) is 0 Å². The number of fused-ring (bicyclic) bond motifs is 7. The molecule has 194 valence electrons. The van der Waals surface area contributed by atoms with E-state index in [0.717, 1.165) is 16.7 Å². The molecule has 1 unspecified atom stereocenters. The van der Waals surface area contributed by atoms with Crippen LogP contribution in [0.2, 0.25) is 0 Å². The molecule has 0 spiro atoms. The fraction of sp³-hybridized carbons (Fsp3) is 0. The van der Waals surface area contributed by atoms with Gasteiger partial charge in [0, 0.05) is 25.7 Å². The van der Waals surface area contributed by atoms with E-state index in [4.69, 9.17) is 9.47 Å². The Balaban J connectivity index is 1.21. The van der Waals surface area contributed by atoms with Crippen LogP contribution in [0, 0.1) is 0 Å². The zero-order valence-electron chi connectivity index (χ0n) is 21.7. The number of hydrogen-bond acceptors (Lipinski definition) is 4. The van der Waals surface area contributed by atoms with Gasteiger partial charge in [-0.05, 0) is 59.2 Å². The highest BCUT2D eigenvalue weighted by Gasteiger charge is 2.46. The van der Waals surface area contributed by atoms with E-state index in [1.165, 1.54) is 25.7 Å². The number of benzene rings is 6. The fourth-order valence-electron chi connectivity index (χ4n) is 6.27. The first-order valence-electron chi connectivity index (χ1n) is 13.5. The maximum atomic E-state index is 15.2. The van der Waals surface area contributed by atoms with Crippen LogP contribution in [0.4, 0.5) is 0 Å². The van der Waals surface area contributed by atoms with Crippen molar-refractivity contribution < 1.29 is 14.0 Å². The van der Waals surface area contributed by atoms with Crippen molar-refractivity contribution in [3.05, 3.63) is 127 Å². The van der Waals surface area contributed by atoms with Crippen LogP contribution in [0.3, 0.4) is 0 Å². The first-order valence-corrected chi connectivity index (χ1v) is 16.1. The molecule has 1 aromatic heterocycles. The Morgan fingerprint density at radius 1 is 0.512 bits per heavy atom. The molecule has 3 nitrogen and oxygen atoms in total. The molecule has 0 N–H and O–H groups in total. The van der Waals surface area contributed by atoms with Crippen molar-refractivity contribution in [2.75, 3.05) is 0 Å². The number of ether oxygens (including phenoxy) is 2. The maximum Gasteiger partial charge on any atom is 0.185 e. The number of para-hydroxylation sites is 2. The van der Waals surface area contributed by atoms with Crippen LogP contribution in [0.5, 0.6) is 23.0 Å². The Morgan fingerprint density at radius 3 is 1.93 bits per heavy atom. The molecule has 0 bridgehead atoms. The van der Waals surface area contributed by atoms with Gasteiger partial charge in [-0.2, -0.15) is 0 Å². The van der Waals surface area contributed by atoms with Gasteiger partial charge in [-0.15, -0.1) is 11.3 Å². The molecule has 1 atom stereocenters. The molecule has 0 radical (unpaired) electrons. The summed E-state index contributed by atoms with van der Waals surface area (Å²) in [5.41, 5.74) is 4.28. The van der Waals surface area contributed by atoms with Crippen molar-refractivity contribution >= 4 is 54.6 Å². The molecule has 0 fully saturated rings. The lowest BCUT2D eigenvalue weighted by molar-refractivity contribution is 0.463. The maximum absolute atomic E-state index is 15.2. The van der Waals surface area contributed by atoms with Gasteiger partial charge in [-0.1, -0.05) is 84.9 Å². The lowest BCUT2D eigenvalue weighted by Crippen LogP contribution is -2.35. The third-order valence-electron chi connectivity index (χ3n) is 8.16. The van der Waals surface area contributed by atoms with Crippen molar-refractivity contribution in [1.29, 1.82) is 0 Å². The van der Waals surface area contributed by atoms with E-state index in [0.29, 0.717) is 38.9 Å². The van der Waals surface area contributed by atoms with Gasteiger partial charge in [0.2, 0.25) is 0 Å². The Bertz CT molecular complexity index is 2230. The highest BCUT2D eigenvalue weighted by molar-refractivity contribution is 7.86. The summed E-state index contributed by atoms with van der Waals surface area (Å²) in [6.45, 7) is 0. The number of rotatable bonds is 2. The number of thiophene rings is 1. The normalized spacial score (nSPS) is 16.4. The van der Waals surface area contributed by atoms with Crippen LogP contribution in [-0.2, 0) is 4.57 Å². The van der Waals surface area contributed by atoms with E-state index in [2.05, 4.69) is 66.7 Å². The fourth-order valence-corrected chi connectivity index (χ4v) is 10.6. The van der Waals surface area contributed by atoms with E-state index in [9.17, 15) is 0 Å².